The van der Waals surface area contributed by atoms with Crippen molar-refractivity contribution in [2.75, 3.05) is 0 Å². The summed E-state index contributed by atoms with van der Waals surface area (Å²) >= 11 is 0. The molecule has 0 fully saturated rings. The van der Waals surface area contributed by atoms with Gasteiger partial charge in [-0.2, -0.15) is 0 Å². The standard InChI is InChI=1S/C15H10N4/c1-2-4-11-10(3-1)5-6-12-14(11)19-15(18-12)13-9-16-7-8-17-13/h1-9H,(H,18,19). The first kappa shape index (κ1) is 10.2. The summed E-state index contributed by atoms with van der Waals surface area (Å²) in [7, 11) is 0. The maximum Gasteiger partial charge on any atom is 0.158 e. The number of benzene rings is 2. The van der Waals surface area contributed by atoms with Crippen molar-refractivity contribution in [1.29, 1.82) is 0 Å². The zero-order valence-electron chi connectivity index (χ0n) is 10.0. The molecule has 4 nitrogen and oxygen atoms in total. The molecule has 1 N–H and O–H groups in total. The number of fused-ring (bicyclic) bond motifs is 3. The van der Waals surface area contributed by atoms with Crippen LogP contribution in [0.5, 0.6) is 0 Å². The third-order valence-corrected chi connectivity index (χ3v) is 3.18. The first-order valence-corrected chi connectivity index (χ1v) is 6.06. The van der Waals surface area contributed by atoms with Crippen molar-refractivity contribution >= 4 is 21.8 Å². The summed E-state index contributed by atoms with van der Waals surface area (Å²) in [4.78, 5) is 16.3. The average Bonchev–Trinajstić information content (AvgIpc) is 2.93. The molecule has 4 rings (SSSR count). The smallest absolute Gasteiger partial charge is 0.158 e. The number of rotatable bonds is 1. The number of imidazole rings is 1. The van der Waals surface area contributed by atoms with Crippen LogP contribution in [0.25, 0.3) is 33.3 Å². The molecule has 19 heavy (non-hydrogen) atoms. The van der Waals surface area contributed by atoms with E-state index in [2.05, 4.69) is 38.1 Å². The Hall–Kier alpha value is -2.75. The molecule has 0 radical (unpaired) electrons. The minimum absolute atomic E-state index is 0.749. The van der Waals surface area contributed by atoms with Crippen molar-refractivity contribution in [2.24, 2.45) is 0 Å². The second-order valence-electron chi connectivity index (χ2n) is 4.36. The van der Waals surface area contributed by atoms with Gasteiger partial charge in [-0.15, -0.1) is 0 Å². The summed E-state index contributed by atoms with van der Waals surface area (Å²) in [6.07, 6.45) is 5.03. The van der Waals surface area contributed by atoms with Crippen LogP contribution < -0.4 is 0 Å². The van der Waals surface area contributed by atoms with Crippen LogP contribution in [-0.2, 0) is 0 Å². The Kier molecular flexibility index (Phi) is 2.08. The van der Waals surface area contributed by atoms with E-state index in [0.29, 0.717) is 0 Å². The van der Waals surface area contributed by atoms with E-state index in [4.69, 9.17) is 0 Å². The molecule has 2 heterocycles. The fourth-order valence-corrected chi connectivity index (χ4v) is 2.29. The molecule has 4 heteroatoms. The van der Waals surface area contributed by atoms with Crippen LogP contribution in [0.15, 0.2) is 55.0 Å². The van der Waals surface area contributed by atoms with E-state index >= 15 is 0 Å². The third kappa shape index (κ3) is 1.57. The van der Waals surface area contributed by atoms with E-state index in [1.807, 2.05) is 18.2 Å². The predicted octanol–water partition coefficient (Wildman–Crippen LogP) is 3.17. The molecule has 0 spiro atoms. The Labute approximate surface area is 109 Å². The Balaban J connectivity index is 2.04. The first-order valence-electron chi connectivity index (χ1n) is 6.06. The molecule has 0 saturated carbocycles. The Bertz CT molecular complexity index is 865. The summed E-state index contributed by atoms with van der Waals surface area (Å²) in [5.41, 5.74) is 2.74. The summed E-state index contributed by atoms with van der Waals surface area (Å²) in [6, 6.07) is 12.4. The first-order chi connectivity index (χ1) is 9.42. The van der Waals surface area contributed by atoms with Crippen molar-refractivity contribution in [3.63, 3.8) is 0 Å². The maximum atomic E-state index is 4.65. The van der Waals surface area contributed by atoms with Crippen molar-refractivity contribution in [3.8, 4) is 11.5 Å². The lowest BCUT2D eigenvalue weighted by molar-refractivity contribution is 1.17. The van der Waals surface area contributed by atoms with Gasteiger partial charge in [0, 0.05) is 17.8 Å². The van der Waals surface area contributed by atoms with Crippen molar-refractivity contribution < 1.29 is 0 Å². The van der Waals surface area contributed by atoms with Gasteiger partial charge in [-0.1, -0.05) is 30.3 Å². The van der Waals surface area contributed by atoms with Gasteiger partial charge in [0.1, 0.15) is 5.69 Å². The number of nitrogens with one attached hydrogen (secondary N) is 1. The molecule has 4 aromatic rings. The molecular formula is C15H10N4. The number of H-pyrrole nitrogens is 1. The van der Waals surface area contributed by atoms with Crippen LogP contribution in [0.4, 0.5) is 0 Å². The third-order valence-electron chi connectivity index (χ3n) is 3.18. The minimum atomic E-state index is 0.749. The molecule has 0 atom stereocenters. The number of hydrogen-bond acceptors (Lipinski definition) is 3. The van der Waals surface area contributed by atoms with Gasteiger partial charge in [-0.25, -0.2) is 9.97 Å². The van der Waals surface area contributed by atoms with E-state index in [0.717, 1.165) is 27.9 Å². The molecule has 2 aromatic heterocycles. The number of nitrogens with zero attached hydrogens (tertiary/aromatic N) is 3. The van der Waals surface area contributed by atoms with Gasteiger partial charge < -0.3 is 4.98 Å². The Morgan fingerprint density at radius 3 is 2.79 bits per heavy atom. The van der Waals surface area contributed by atoms with Gasteiger partial charge in [0.15, 0.2) is 5.82 Å². The monoisotopic (exact) mass is 246 g/mol. The van der Waals surface area contributed by atoms with Crippen LogP contribution in [-0.4, -0.2) is 19.9 Å². The second kappa shape index (κ2) is 3.88. The molecular weight excluding hydrogens is 236 g/mol. The molecule has 2 aromatic carbocycles. The highest BCUT2D eigenvalue weighted by molar-refractivity contribution is 6.04. The fourth-order valence-electron chi connectivity index (χ4n) is 2.29. The zero-order valence-corrected chi connectivity index (χ0v) is 10.0. The molecule has 0 aliphatic rings. The lowest BCUT2D eigenvalue weighted by Gasteiger charge is -1.96. The largest absolute Gasteiger partial charge is 0.337 e. The summed E-state index contributed by atoms with van der Waals surface area (Å²) < 4.78 is 0. The van der Waals surface area contributed by atoms with E-state index in [1.54, 1.807) is 18.6 Å². The van der Waals surface area contributed by atoms with E-state index in [9.17, 15) is 0 Å². The SMILES string of the molecule is c1ccc2c(c1)ccc1[nH]c(-c3cnccn3)nc12. The van der Waals surface area contributed by atoms with Gasteiger partial charge >= 0.3 is 0 Å². The molecule has 0 bridgehead atoms. The van der Waals surface area contributed by atoms with Crippen molar-refractivity contribution in [2.45, 2.75) is 0 Å². The molecule has 0 amide bonds. The number of aromatic nitrogens is 4. The summed E-state index contributed by atoms with van der Waals surface area (Å²) in [6.45, 7) is 0. The zero-order chi connectivity index (χ0) is 12.7. The molecule has 90 valence electrons. The lowest BCUT2D eigenvalue weighted by atomic mass is 10.1. The quantitative estimate of drug-likeness (QED) is 0.561. The highest BCUT2D eigenvalue weighted by Crippen LogP contribution is 2.25. The van der Waals surface area contributed by atoms with Crippen LogP contribution in [0, 0.1) is 0 Å². The van der Waals surface area contributed by atoms with Gasteiger partial charge in [-0.05, 0) is 11.5 Å². The molecule has 0 aliphatic carbocycles. The van der Waals surface area contributed by atoms with Gasteiger partial charge in [-0.3, -0.25) is 4.98 Å². The van der Waals surface area contributed by atoms with Crippen molar-refractivity contribution in [3.05, 3.63) is 55.0 Å². The molecule has 0 aliphatic heterocycles. The topological polar surface area (TPSA) is 54.5 Å². The van der Waals surface area contributed by atoms with Crippen LogP contribution in [0.1, 0.15) is 0 Å². The summed E-state index contributed by atoms with van der Waals surface area (Å²) in [5.74, 6) is 0.749. The van der Waals surface area contributed by atoms with Crippen LogP contribution >= 0.6 is 0 Å². The lowest BCUT2D eigenvalue weighted by Crippen LogP contribution is -1.85. The van der Waals surface area contributed by atoms with Crippen LogP contribution in [0.3, 0.4) is 0 Å². The maximum absolute atomic E-state index is 4.65. The Morgan fingerprint density at radius 2 is 1.89 bits per heavy atom. The minimum Gasteiger partial charge on any atom is -0.337 e. The van der Waals surface area contributed by atoms with E-state index < -0.39 is 0 Å². The highest BCUT2D eigenvalue weighted by Gasteiger charge is 2.08. The molecule has 0 saturated heterocycles. The molecule has 0 unspecified atom stereocenters. The average molecular weight is 246 g/mol. The van der Waals surface area contributed by atoms with Crippen molar-refractivity contribution in [1.82, 2.24) is 19.9 Å². The summed E-state index contributed by atoms with van der Waals surface area (Å²) in [5, 5.41) is 2.33. The highest BCUT2D eigenvalue weighted by atomic mass is 15.0. The van der Waals surface area contributed by atoms with Gasteiger partial charge in [0.25, 0.3) is 0 Å². The van der Waals surface area contributed by atoms with E-state index in [1.165, 1.54) is 5.39 Å². The Morgan fingerprint density at radius 1 is 0.947 bits per heavy atom. The van der Waals surface area contributed by atoms with Gasteiger partial charge in [0.05, 0.1) is 17.2 Å². The number of aromatic amines is 1. The van der Waals surface area contributed by atoms with Gasteiger partial charge in [0.2, 0.25) is 0 Å². The normalized spacial score (nSPS) is 11.2. The van der Waals surface area contributed by atoms with Crippen LogP contribution in [0.2, 0.25) is 0 Å². The second-order valence-corrected chi connectivity index (χ2v) is 4.36. The predicted molar refractivity (Wildman–Crippen MR) is 74.6 cm³/mol. The number of hydrogen-bond donors (Lipinski definition) is 1. The van der Waals surface area contributed by atoms with E-state index in [-0.39, 0.29) is 0 Å². The fraction of sp³-hybridized carbons (Fsp3) is 0.